The molecule has 2 unspecified atom stereocenters. The lowest BCUT2D eigenvalue weighted by Gasteiger charge is -2.36. The molecule has 0 aromatic rings. The fraction of sp³-hybridized carbons (Fsp3) is 0.765. The second-order valence-corrected chi connectivity index (χ2v) is 7.61. The van der Waals surface area contributed by atoms with E-state index in [1.807, 2.05) is 0 Å². The highest BCUT2D eigenvalue weighted by Gasteiger charge is 2.54. The van der Waals surface area contributed by atoms with Crippen molar-refractivity contribution < 1.29 is 14.2 Å². The summed E-state index contributed by atoms with van der Waals surface area (Å²) in [7, 11) is 3.27. The third-order valence-corrected chi connectivity index (χ3v) is 5.80. The average molecular weight is 332 g/mol. The van der Waals surface area contributed by atoms with Gasteiger partial charge in [-0.15, -0.1) is 0 Å². The summed E-state index contributed by atoms with van der Waals surface area (Å²) in [5.74, 6) is 1.81. The van der Waals surface area contributed by atoms with Gasteiger partial charge in [0.2, 0.25) is 11.9 Å². The lowest BCUT2D eigenvalue weighted by molar-refractivity contribution is -0.552. The number of urea groups is 1. The summed E-state index contributed by atoms with van der Waals surface area (Å²) >= 11 is 0. The Morgan fingerprint density at radius 1 is 1.08 bits per heavy atom. The topological polar surface area (TPSA) is 59.2 Å². The fourth-order valence-electron chi connectivity index (χ4n) is 4.52. The molecule has 3 aliphatic heterocycles. The third kappa shape index (κ3) is 2.17. The molecular formula is C17H26N5O2+. The van der Waals surface area contributed by atoms with Gasteiger partial charge in [0.05, 0.1) is 19.1 Å². The van der Waals surface area contributed by atoms with Gasteiger partial charge >= 0.3 is 12.0 Å². The van der Waals surface area contributed by atoms with Crippen LogP contribution in [0.5, 0.6) is 0 Å². The largest absolute Gasteiger partial charge is 0.392 e. The molecule has 0 aromatic heterocycles. The van der Waals surface area contributed by atoms with Crippen molar-refractivity contribution in [1.29, 1.82) is 0 Å². The molecule has 2 atom stereocenters. The maximum Gasteiger partial charge on any atom is 0.392 e. The van der Waals surface area contributed by atoms with Crippen molar-refractivity contribution in [3.8, 4) is 0 Å². The minimum absolute atomic E-state index is 0.162. The van der Waals surface area contributed by atoms with Crippen molar-refractivity contribution in [3.05, 3.63) is 0 Å². The fourth-order valence-corrected chi connectivity index (χ4v) is 4.52. The summed E-state index contributed by atoms with van der Waals surface area (Å²) in [4.78, 5) is 34.9. The molecule has 0 N–H and O–H groups in total. The zero-order valence-corrected chi connectivity index (χ0v) is 14.7. The van der Waals surface area contributed by atoms with Gasteiger partial charge in [0.25, 0.3) is 5.91 Å². The highest BCUT2D eigenvalue weighted by atomic mass is 16.2. The molecule has 0 spiro atoms. The molecule has 1 saturated heterocycles. The summed E-state index contributed by atoms with van der Waals surface area (Å²) in [5.41, 5.74) is 0. The first-order chi connectivity index (χ1) is 11.5. The van der Waals surface area contributed by atoms with Crippen molar-refractivity contribution >= 4 is 23.7 Å². The van der Waals surface area contributed by atoms with Gasteiger partial charge in [0, 0.05) is 20.0 Å². The molecule has 0 radical (unpaired) electrons. The van der Waals surface area contributed by atoms with Gasteiger partial charge < -0.3 is 0 Å². The van der Waals surface area contributed by atoms with E-state index >= 15 is 0 Å². The molecule has 4 rings (SSSR count). The predicted molar refractivity (Wildman–Crippen MR) is 90.0 cm³/mol. The highest BCUT2D eigenvalue weighted by Crippen LogP contribution is 2.29. The van der Waals surface area contributed by atoms with Crippen molar-refractivity contribution in [2.24, 2.45) is 10.9 Å². The van der Waals surface area contributed by atoms with E-state index in [1.54, 1.807) is 14.1 Å². The Bertz CT molecular complexity index is 649. The molecule has 3 amide bonds. The zero-order valence-electron chi connectivity index (χ0n) is 14.7. The summed E-state index contributed by atoms with van der Waals surface area (Å²) < 4.78 is 2.12. The summed E-state index contributed by atoms with van der Waals surface area (Å²) in [6.07, 6.45) is 6.24. The number of carbonyl (C=O) groups excluding carboxylic acids is 2. The molecule has 2 fully saturated rings. The van der Waals surface area contributed by atoms with Gasteiger partial charge in [-0.05, 0) is 12.8 Å². The van der Waals surface area contributed by atoms with Gasteiger partial charge in [-0.1, -0.05) is 31.2 Å². The van der Waals surface area contributed by atoms with Crippen LogP contribution in [-0.2, 0) is 4.79 Å². The van der Waals surface area contributed by atoms with E-state index in [9.17, 15) is 9.59 Å². The first kappa shape index (κ1) is 15.6. The van der Waals surface area contributed by atoms with Gasteiger partial charge in [0.1, 0.15) is 0 Å². The summed E-state index contributed by atoms with van der Waals surface area (Å²) in [5, 5.41) is 0. The van der Waals surface area contributed by atoms with Crippen LogP contribution in [0.15, 0.2) is 4.99 Å². The monoisotopic (exact) mass is 332 g/mol. The lowest BCUT2D eigenvalue weighted by atomic mass is 9.93. The smallest absolute Gasteiger partial charge is 0.270 e. The number of hydrogen-bond acceptors (Lipinski definition) is 4. The Morgan fingerprint density at radius 3 is 2.50 bits per heavy atom. The lowest BCUT2D eigenvalue weighted by Crippen LogP contribution is -2.62. The molecular weight excluding hydrogens is 306 g/mol. The molecule has 4 aliphatic rings. The summed E-state index contributed by atoms with van der Waals surface area (Å²) in [6, 6.07) is -0.230. The molecule has 0 bridgehead atoms. The minimum atomic E-state index is -0.443. The molecule has 0 aromatic carbocycles. The van der Waals surface area contributed by atoms with Gasteiger partial charge in [-0.25, -0.2) is 9.37 Å². The Labute approximate surface area is 142 Å². The number of fused-ring (bicyclic) bond motifs is 2. The van der Waals surface area contributed by atoms with E-state index in [-0.39, 0.29) is 11.9 Å². The number of amides is 3. The van der Waals surface area contributed by atoms with Crippen LogP contribution in [0.4, 0.5) is 4.79 Å². The van der Waals surface area contributed by atoms with E-state index in [0.717, 1.165) is 19.0 Å². The standard InChI is InChI=1S/C17H26N5O2/c1-11-9-21(12-7-5-4-6-8-12)16-18-14-13(22(16)10-11)15(23)20(3)17(24)19(14)2/h11-13H,4-10H2,1-3H3/q+1. The predicted octanol–water partition coefficient (Wildman–Crippen LogP) is 0.944. The Balaban J connectivity index is 1.73. The van der Waals surface area contributed by atoms with Crippen LogP contribution in [0.3, 0.4) is 0 Å². The van der Waals surface area contributed by atoms with Gasteiger partial charge in [0.15, 0.2) is 0 Å². The number of rotatable bonds is 1. The maximum atomic E-state index is 12.7. The third-order valence-electron chi connectivity index (χ3n) is 5.80. The van der Waals surface area contributed by atoms with Crippen molar-refractivity contribution in [2.45, 2.75) is 51.1 Å². The molecule has 3 heterocycles. The van der Waals surface area contributed by atoms with Gasteiger partial charge in [-0.2, -0.15) is 0 Å². The van der Waals surface area contributed by atoms with E-state index in [4.69, 9.17) is 4.99 Å². The van der Waals surface area contributed by atoms with E-state index in [0.29, 0.717) is 17.8 Å². The highest BCUT2D eigenvalue weighted by molar-refractivity contribution is 6.22. The number of guanidine groups is 1. The van der Waals surface area contributed by atoms with Crippen LogP contribution in [-0.4, -0.2) is 82.3 Å². The summed E-state index contributed by atoms with van der Waals surface area (Å²) in [6.45, 7) is 4.04. The van der Waals surface area contributed by atoms with Crippen LogP contribution in [0, 0.1) is 5.92 Å². The Hall–Kier alpha value is -1.92. The van der Waals surface area contributed by atoms with E-state index in [1.165, 1.54) is 41.9 Å². The first-order valence-corrected chi connectivity index (χ1v) is 9.03. The number of imide groups is 1. The quantitative estimate of drug-likeness (QED) is 0.672. The number of nitrogens with zero attached hydrogens (tertiary/aromatic N) is 5. The van der Waals surface area contributed by atoms with Crippen LogP contribution in [0.1, 0.15) is 39.0 Å². The number of hydrogen-bond donors (Lipinski definition) is 0. The number of aliphatic imine (C=N–C) groups is 1. The molecule has 1 saturated carbocycles. The Morgan fingerprint density at radius 2 is 1.79 bits per heavy atom. The van der Waals surface area contributed by atoms with Crippen LogP contribution in [0.2, 0.25) is 0 Å². The molecule has 7 nitrogen and oxygen atoms in total. The van der Waals surface area contributed by atoms with E-state index in [2.05, 4.69) is 16.4 Å². The first-order valence-electron chi connectivity index (χ1n) is 9.03. The Kier molecular flexibility index (Phi) is 3.62. The molecule has 24 heavy (non-hydrogen) atoms. The molecule has 1 aliphatic carbocycles. The molecule has 130 valence electrons. The van der Waals surface area contributed by atoms with Crippen molar-refractivity contribution in [3.63, 3.8) is 0 Å². The zero-order chi connectivity index (χ0) is 17.0. The van der Waals surface area contributed by atoms with Crippen LogP contribution >= 0.6 is 0 Å². The SMILES string of the molecule is CC1CN(C2CCCCC2)C2=[N+](C1)C1C(=O)N(C)C(=O)N(C)C1=N2. The maximum absolute atomic E-state index is 12.7. The second-order valence-electron chi connectivity index (χ2n) is 7.61. The average Bonchev–Trinajstić information content (AvgIpc) is 2.97. The van der Waals surface area contributed by atoms with Crippen molar-refractivity contribution in [1.82, 2.24) is 14.7 Å². The van der Waals surface area contributed by atoms with Crippen LogP contribution in [0.25, 0.3) is 0 Å². The number of amidine groups is 1. The molecule has 7 heteroatoms. The second kappa shape index (κ2) is 5.57. The number of carbonyl (C=O) groups is 2. The van der Waals surface area contributed by atoms with E-state index < -0.39 is 6.04 Å². The number of likely N-dealkylation sites (N-methyl/N-ethyl adjacent to an activating group) is 2. The van der Waals surface area contributed by atoms with Gasteiger partial charge in [-0.3, -0.25) is 19.5 Å². The minimum Gasteiger partial charge on any atom is -0.270 e. The normalized spacial score (nSPS) is 31.5. The van der Waals surface area contributed by atoms with Crippen molar-refractivity contribution in [2.75, 3.05) is 27.2 Å². The van der Waals surface area contributed by atoms with Crippen LogP contribution < -0.4 is 0 Å².